The molecule has 0 aliphatic carbocycles. The summed E-state index contributed by atoms with van der Waals surface area (Å²) >= 11 is 7.24. The molecule has 0 radical (unpaired) electrons. The van der Waals surface area contributed by atoms with Gasteiger partial charge in [0.15, 0.2) is 11.0 Å². The second-order valence-electron chi connectivity index (χ2n) is 8.65. The number of rotatable bonds is 9. The Morgan fingerprint density at radius 3 is 2.67 bits per heavy atom. The molecule has 0 saturated carbocycles. The molecule has 1 heterocycles. The summed E-state index contributed by atoms with van der Waals surface area (Å²) in [6.07, 6.45) is 1.35. The molecule has 4 aromatic carbocycles. The van der Waals surface area contributed by atoms with Crippen LogP contribution in [0.3, 0.4) is 0 Å². The molecule has 39 heavy (non-hydrogen) atoms. The van der Waals surface area contributed by atoms with Gasteiger partial charge < -0.3 is 10.4 Å². The first-order valence-electron chi connectivity index (χ1n) is 12.2. The third kappa shape index (κ3) is 6.22. The molecule has 0 spiro atoms. The Labute approximate surface area is 234 Å². The van der Waals surface area contributed by atoms with Crippen LogP contribution in [0.4, 0.5) is 5.69 Å². The van der Waals surface area contributed by atoms with E-state index >= 15 is 0 Å². The first-order valence-corrected chi connectivity index (χ1v) is 13.4. The van der Waals surface area contributed by atoms with E-state index in [2.05, 4.69) is 44.2 Å². The van der Waals surface area contributed by atoms with E-state index in [9.17, 15) is 9.90 Å². The highest BCUT2D eigenvalue weighted by atomic mass is 35.5. The zero-order chi connectivity index (χ0) is 27.2. The zero-order valence-corrected chi connectivity index (χ0v) is 22.5. The van der Waals surface area contributed by atoms with Crippen molar-refractivity contribution >= 4 is 51.9 Å². The number of carbonyl (C=O) groups excluding carboxylic acids is 1. The van der Waals surface area contributed by atoms with Gasteiger partial charge in [0.05, 0.1) is 18.0 Å². The SMILES string of the molecule is C[C@H](Sc1nnc(CNc2cccc3ccccc23)n1-c1ccccc1)C(=O)NN=Cc1cc(Cl)ccc1O. The molecule has 5 aromatic rings. The van der Waals surface area contributed by atoms with Crippen molar-refractivity contribution in [2.24, 2.45) is 5.10 Å². The van der Waals surface area contributed by atoms with Crippen LogP contribution in [0.1, 0.15) is 18.3 Å². The fourth-order valence-corrected chi connectivity index (χ4v) is 5.04. The van der Waals surface area contributed by atoms with Crippen molar-refractivity contribution in [1.82, 2.24) is 20.2 Å². The van der Waals surface area contributed by atoms with E-state index in [4.69, 9.17) is 11.6 Å². The maximum Gasteiger partial charge on any atom is 0.253 e. The number of fused-ring (bicyclic) bond motifs is 1. The molecule has 1 atom stereocenters. The van der Waals surface area contributed by atoms with Crippen molar-refractivity contribution in [3.8, 4) is 11.4 Å². The lowest BCUT2D eigenvalue weighted by Gasteiger charge is -2.14. The number of thioether (sulfide) groups is 1. The molecule has 1 aromatic heterocycles. The Bertz CT molecular complexity index is 1630. The number of halogens is 1. The van der Waals surface area contributed by atoms with Crippen LogP contribution in [0, 0.1) is 0 Å². The van der Waals surface area contributed by atoms with Gasteiger partial charge in [-0.15, -0.1) is 10.2 Å². The van der Waals surface area contributed by atoms with E-state index in [0.29, 0.717) is 28.1 Å². The van der Waals surface area contributed by atoms with Gasteiger partial charge in [0.1, 0.15) is 5.75 Å². The van der Waals surface area contributed by atoms with E-state index in [0.717, 1.165) is 22.1 Å². The highest BCUT2D eigenvalue weighted by Crippen LogP contribution is 2.28. The van der Waals surface area contributed by atoms with Crippen molar-refractivity contribution in [1.29, 1.82) is 0 Å². The topological polar surface area (TPSA) is 104 Å². The molecule has 0 aliphatic rings. The number of para-hydroxylation sites is 1. The molecule has 3 N–H and O–H groups in total. The molecule has 0 saturated heterocycles. The standard InChI is InChI=1S/C29H25ClN6O2S/c1-19(28(38)34-32-17-21-16-22(30)14-15-26(21)37)39-29-35-33-27(36(29)23-10-3-2-4-11-23)18-31-25-13-7-9-20-8-5-6-12-24(20)25/h2-17,19,31,37H,18H2,1H3,(H,34,38)/t19-/m0/s1. The number of aromatic nitrogens is 3. The number of benzene rings is 4. The number of amides is 1. The zero-order valence-electron chi connectivity index (χ0n) is 21.0. The summed E-state index contributed by atoms with van der Waals surface area (Å²) in [5, 5.41) is 29.0. The Morgan fingerprint density at radius 1 is 1.05 bits per heavy atom. The first-order chi connectivity index (χ1) is 19.0. The number of hydrogen-bond acceptors (Lipinski definition) is 7. The van der Waals surface area contributed by atoms with Crippen LogP contribution in [0.2, 0.25) is 5.02 Å². The lowest BCUT2D eigenvalue weighted by Crippen LogP contribution is -2.27. The third-order valence-corrected chi connectivity index (χ3v) is 7.24. The molecule has 0 aliphatic heterocycles. The molecule has 8 nitrogen and oxygen atoms in total. The summed E-state index contributed by atoms with van der Waals surface area (Å²) in [6, 6.07) is 28.7. The van der Waals surface area contributed by atoms with Gasteiger partial charge in [-0.1, -0.05) is 78.0 Å². The molecule has 1 amide bonds. The molecule has 5 rings (SSSR count). The van der Waals surface area contributed by atoms with Crippen LogP contribution in [-0.4, -0.2) is 37.2 Å². The Balaban J connectivity index is 1.33. The minimum Gasteiger partial charge on any atom is -0.507 e. The van der Waals surface area contributed by atoms with E-state index in [1.54, 1.807) is 19.1 Å². The minimum absolute atomic E-state index is 0.0143. The van der Waals surface area contributed by atoms with Crippen molar-refractivity contribution in [2.45, 2.75) is 23.9 Å². The van der Waals surface area contributed by atoms with Crippen molar-refractivity contribution in [3.63, 3.8) is 0 Å². The second kappa shape index (κ2) is 12.0. The molecular formula is C29H25ClN6O2S. The van der Waals surface area contributed by atoms with Gasteiger partial charge in [0.25, 0.3) is 5.91 Å². The Hall–Kier alpha value is -4.34. The smallest absolute Gasteiger partial charge is 0.253 e. The van der Waals surface area contributed by atoms with Gasteiger partial charge in [0, 0.05) is 27.3 Å². The highest BCUT2D eigenvalue weighted by molar-refractivity contribution is 8.00. The summed E-state index contributed by atoms with van der Waals surface area (Å²) < 4.78 is 1.94. The van der Waals surface area contributed by atoms with E-state index in [-0.39, 0.29) is 11.7 Å². The van der Waals surface area contributed by atoms with Crippen LogP contribution in [0.5, 0.6) is 5.75 Å². The number of nitrogens with zero attached hydrogens (tertiary/aromatic N) is 4. The highest BCUT2D eigenvalue weighted by Gasteiger charge is 2.21. The number of aromatic hydroxyl groups is 1. The van der Waals surface area contributed by atoms with E-state index in [1.807, 2.05) is 59.2 Å². The van der Waals surface area contributed by atoms with E-state index < -0.39 is 5.25 Å². The van der Waals surface area contributed by atoms with Crippen LogP contribution >= 0.6 is 23.4 Å². The average Bonchev–Trinajstić information content (AvgIpc) is 3.36. The third-order valence-electron chi connectivity index (χ3n) is 5.96. The first kappa shape index (κ1) is 26.3. The fraction of sp³-hybridized carbons (Fsp3) is 0.103. The maximum atomic E-state index is 12.8. The van der Waals surface area contributed by atoms with Crippen LogP contribution < -0.4 is 10.7 Å². The van der Waals surface area contributed by atoms with Crippen molar-refractivity contribution in [2.75, 3.05) is 5.32 Å². The summed E-state index contributed by atoms with van der Waals surface area (Å²) in [5.41, 5.74) is 4.80. The van der Waals surface area contributed by atoms with Gasteiger partial charge in [-0.25, -0.2) is 5.43 Å². The van der Waals surface area contributed by atoms with Gasteiger partial charge in [-0.2, -0.15) is 5.10 Å². The Morgan fingerprint density at radius 2 is 1.82 bits per heavy atom. The summed E-state index contributed by atoms with van der Waals surface area (Å²) in [4.78, 5) is 12.8. The number of phenolic OH excluding ortho intramolecular Hbond substituents is 1. The van der Waals surface area contributed by atoms with Gasteiger partial charge in [0.2, 0.25) is 0 Å². The summed E-state index contributed by atoms with van der Waals surface area (Å²) in [7, 11) is 0. The van der Waals surface area contributed by atoms with Gasteiger partial charge in [-0.3, -0.25) is 9.36 Å². The number of anilines is 1. The van der Waals surface area contributed by atoms with Crippen molar-refractivity contribution in [3.05, 3.63) is 107 Å². The summed E-state index contributed by atoms with van der Waals surface area (Å²) in [5.74, 6) is 0.398. The van der Waals surface area contributed by atoms with Crippen LogP contribution in [-0.2, 0) is 11.3 Å². The Kier molecular flexibility index (Phi) is 8.10. The van der Waals surface area contributed by atoms with Crippen LogP contribution in [0.15, 0.2) is 101 Å². The predicted molar refractivity (Wildman–Crippen MR) is 157 cm³/mol. The van der Waals surface area contributed by atoms with E-state index in [1.165, 1.54) is 24.0 Å². The molecule has 0 unspecified atom stereocenters. The molecule has 0 bridgehead atoms. The van der Waals surface area contributed by atoms with Gasteiger partial charge >= 0.3 is 0 Å². The van der Waals surface area contributed by atoms with Crippen molar-refractivity contribution < 1.29 is 9.90 Å². The minimum atomic E-state index is -0.527. The largest absolute Gasteiger partial charge is 0.507 e. The normalized spacial score (nSPS) is 12.1. The molecule has 196 valence electrons. The maximum absolute atomic E-state index is 12.8. The molecule has 0 fully saturated rings. The lowest BCUT2D eigenvalue weighted by atomic mass is 10.1. The number of phenols is 1. The second-order valence-corrected chi connectivity index (χ2v) is 10.4. The molecule has 10 heteroatoms. The van der Waals surface area contributed by atoms with Gasteiger partial charge in [-0.05, 0) is 48.7 Å². The fourth-order valence-electron chi connectivity index (χ4n) is 3.98. The quantitative estimate of drug-likeness (QED) is 0.116. The summed E-state index contributed by atoms with van der Waals surface area (Å²) in [6.45, 7) is 2.20. The number of hydrogen-bond donors (Lipinski definition) is 3. The number of nitrogens with one attached hydrogen (secondary N) is 2. The number of carbonyl (C=O) groups is 1. The number of hydrazone groups is 1. The predicted octanol–water partition coefficient (Wildman–Crippen LogP) is 6.02. The average molecular weight is 557 g/mol. The van der Waals surface area contributed by atoms with Crippen LogP contribution in [0.25, 0.3) is 16.5 Å². The lowest BCUT2D eigenvalue weighted by molar-refractivity contribution is -0.120. The monoisotopic (exact) mass is 556 g/mol. The molecular weight excluding hydrogens is 532 g/mol.